The predicted molar refractivity (Wildman–Crippen MR) is 72.3 cm³/mol. The van der Waals surface area contributed by atoms with Crippen molar-refractivity contribution in [2.75, 3.05) is 39.2 Å². The lowest BCUT2D eigenvalue weighted by Crippen LogP contribution is -2.26. The number of aliphatic hydroxyl groups excluding tert-OH is 1. The molecule has 0 bridgehead atoms. The van der Waals surface area contributed by atoms with Gasteiger partial charge in [0.1, 0.15) is 11.3 Å². The van der Waals surface area contributed by atoms with Gasteiger partial charge in [-0.2, -0.15) is 0 Å². The van der Waals surface area contributed by atoms with Gasteiger partial charge in [-0.15, -0.1) is 0 Å². The molecule has 0 fully saturated rings. The third-order valence-corrected chi connectivity index (χ3v) is 2.49. The van der Waals surface area contributed by atoms with Crippen LogP contribution in [-0.2, 0) is 4.74 Å². The first-order chi connectivity index (χ1) is 9.20. The summed E-state index contributed by atoms with van der Waals surface area (Å²) in [6, 6.07) is 5.07. The maximum absolute atomic E-state index is 12.0. The molecule has 0 aliphatic heterocycles. The van der Waals surface area contributed by atoms with Crippen LogP contribution in [-0.4, -0.2) is 44.5 Å². The average molecular weight is 268 g/mol. The molecule has 19 heavy (non-hydrogen) atoms. The van der Waals surface area contributed by atoms with Crippen molar-refractivity contribution in [2.45, 2.75) is 6.42 Å². The van der Waals surface area contributed by atoms with E-state index in [2.05, 4.69) is 5.32 Å². The lowest BCUT2D eigenvalue weighted by Gasteiger charge is -2.11. The highest BCUT2D eigenvalue weighted by atomic mass is 16.5. The van der Waals surface area contributed by atoms with Gasteiger partial charge in [0.2, 0.25) is 0 Å². The predicted octanol–water partition coefficient (Wildman–Crippen LogP) is 0.406. The van der Waals surface area contributed by atoms with E-state index >= 15 is 0 Å². The number of amides is 1. The first kappa shape index (κ1) is 15.3. The van der Waals surface area contributed by atoms with E-state index in [4.69, 9.17) is 20.3 Å². The Balaban J connectivity index is 2.45. The van der Waals surface area contributed by atoms with Crippen LogP contribution in [0, 0.1) is 0 Å². The van der Waals surface area contributed by atoms with Crippen molar-refractivity contribution in [1.29, 1.82) is 0 Å². The van der Waals surface area contributed by atoms with Gasteiger partial charge in [-0.25, -0.2) is 0 Å². The molecule has 6 heteroatoms. The van der Waals surface area contributed by atoms with Crippen molar-refractivity contribution in [3.05, 3.63) is 23.8 Å². The molecule has 1 aromatic rings. The number of nitrogen functional groups attached to an aromatic ring is 1. The van der Waals surface area contributed by atoms with Gasteiger partial charge >= 0.3 is 0 Å². The Bertz CT molecular complexity index is 410. The lowest BCUT2D eigenvalue weighted by molar-refractivity contribution is 0.0867. The fourth-order valence-electron chi connectivity index (χ4n) is 1.59. The van der Waals surface area contributed by atoms with Gasteiger partial charge in [0.25, 0.3) is 5.91 Å². The van der Waals surface area contributed by atoms with Gasteiger partial charge in [0.05, 0.1) is 20.3 Å². The second kappa shape index (κ2) is 8.34. The maximum Gasteiger partial charge on any atom is 0.257 e. The second-order valence-electron chi connectivity index (χ2n) is 3.87. The van der Waals surface area contributed by atoms with Gasteiger partial charge in [-0.1, -0.05) is 6.07 Å². The highest BCUT2D eigenvalue weighted by Gasteiger charge is 2.14. The molecule has 0 aliphatic rings. The Morgan fingerprint density at radius 1 is 1.42 bits per heavy atom. The standard InChI is InChI=1S/C13H20N2O4/c1-18-11-5-2-4-10(14)12(11)13(17)15-6-3-8-19-9-7-16/h2,4-5,16H,3,6-9,14H2,1H3,(H,15,17). The van der Waals surface area contributed by atoms with E-state index in [1.165, 1.54) is 7.11 Å². The Morgan fingerprint density at radius 3 is 2.89 bits per heavy atom. The topological polar surface area (TPSA) is 93.8 Å². The molecule has 0 heterocycles. The summed E-state index contributed by atoms with van der Waals surface area (Å²) in [5.41, 5.74) is 6.51. The quantitative estimate of drug-likeness (QED) is 0.469. The number of hydrogen-bond donors (Lipinski definition) is 3. The zero-order valence-corrected chi connectivity index (χ0v) is 11.0. The number of nitrogens with two attached hydrogens (primary N) is 1. The van der Waals surface area contributed by atoms with Crippen LogP contribution in [0.3, 0.4) is 0 Å². The summed E-state index contributed by atoms with van der Waals surface area (Å²) in [6.45, 7) is 1.28. The molecule has 106 valence electrons. The van der Waals surface area contributed by atoms with Crippen LogP contribution in [0.5, 0.6) is 5.75 Å². The number of hydrogen-bond acceptors (Lipinski definition) is 5. The molecule has 1 rings (SSSR count). The van der Waals surface area contributed by atoms with E-state index in [1.54, 1.807) is 18.2 Å². The molecule has 0 aliphatic carbocycles. The fraction of sp³-hybridized carbons (Fsp3) is 0.462. The van der Waals surface area contributed by atoms with E-state index in [-0.39, 0.29) is 12.5 Å². The van der Waals surface area contributed by atoms with Crippen LogP contribution < -0.4 is 15.8 Å². The highest BCUT2D eigenvalue weighted by molar-refractivity contribution is 6.01. The number of nitrogens with one attached hydrogen (secondary N) is 1. The van der Waals surface area contributed by atoms with Crippen molar-refractivity contribution in [1.82, 2.24) is 5.32 Å². The molecule has 0 atom stereocenters. The van der Waals surface area contributed by atoms with Gasteiger partial charge in [0.15, 0.2) is 0 Å². The molecular formula is C13H20N2O4. The number of carbonyl (C=O) groups excluding carboxylic acids is 1. The van der Waals surface area contributed by atoms with Crippen molar-refractivity contribution >= 4 is 11.6 Å². The highest BCUT2D eigenvalue weighted by Crippen LogP contribution is 2.23. The SMILES string of the molecule is COc1cccc(N)c1C(=O)NCCCOCCO. The summed E-state index contributed by atoms with van der Waals surface area (Å²) >= 11 is 0. The summed E-state index contributed by atoms with van der Waals surface area (Å²) < 4.78 is 10.2. The molecule has 1 amide bonds. The van der Waals surface area contributed by atoms with E-state index in [0.29, 0.717) is 43.2 Å². The van der Waals surface area contributed by atoms with Gasteiger partial charge in [-0.3, -0.25) is 4.79 Å². The normalized spacial score (nSPS) is 10.2. The number of ether oxygens (including phenoxy) is 2. The van der Waals surface area contributed by atoms with Gasteiger partial charge in [-0.05, 0) is 18.6 Å². The number of anilines is 1. The van der Waals surface area contributed by atoms with E-state index < -0.39 is 0 Å². The number of methoxy groups -OCH3 is 1. The van der Waals surface area contributed by atoms with Crippen molar-refractivity contribution in [3.8, 4) is 5.75 Å². The first-order valence-electron chi connectivity index (χ1n) is 6.10. The number of carbonyl (C=O) groups is 1. The van der Waals surface area contributed by atoms with E-state index in [0.717, 1.165) is 0 Å². The molecule has 0 aromatic heterocycles. The summed E-state index contributed by atoms with van der Waals surface area (Å²) in [7, 11) is 1.49. The van der Waals surface area contributed by atoms with Crippen molar-refractivity contribution < 1.29 is 19.4 Å². The molecule has 0 saturated carbocycles. The number of benzene rings is 1. The minimum Gasteiger partial charge on any atom is -0.496 e. The average Bonchev–Trinajstić information content (AvgIpc) is 2.42. The molecule has 0 saturated heterocycles. The lowest BCUT2D eigenvalue weighted by atomic mass is 10.1. The monoisotopic (exact) mass is 268 g/mol. The molecule has 6 nitrogen and oxygen atoms in total. The third-order valence-electron chi connectivity index (χ3n) is 2.49. The molecule has 4 N–H and O–H groups in total. The minimum atomic E-state index is -0.267. The van der Waals surface area contributed by atoms with Crippen molar-refractivity contribution in [3.63, 3.8) is 0 Å². The van der Waals surface area contributed by atoms with Gasteiger partial charge < -0.3 is 25.6 Å². The number of rotatable bonds is 8. The molecule has 0 radical (unpaired) electrons. The summed E-state index contributed by atoms with van der Waals surface area (Å²) in [6.07, 6.45) is 0.667. The summed E-state index contributed by atoms with van der Waals surface area (Å²) in [5, 5.41) is 11.3. The summed E-state index contributed by atoms with van der Waals surface area (Å²) in [4.78, 5) is 12.0. The molecule has 0 spiro atoms. The number of aliphatic hydroxyl groups is 1. The van der Waals surface area contributed by atoms with Gasteiger partial charge in [0, 0.05) is 18.8 Å². The first-order valence-corrected chi connectivity index (χ1v) is 6.10. The van der Waals surface area contributed by atoms with Crippen LogP contribution in [0.25, 0.3) is 0 Å². The second-order valence-corrected chi connectivity index (χ2v) is 3.87. The Labute approximate surface area is 112 Å². The smallest absolute Gasteiger partial charge is 0.257 e. The third kappa shape index (κ3) is 4.76. The largest absolute Gasteiger partial charge is 0.496 e. The maximum atomic E-state index is 12.0. The summed E-state index contributed by atoms with van der Waals surface area (Å²) in [5.74, 6) is 0.186. The Hall–Kier alpha value is -1.79. The fourth-order valence-corrected chi connectivity index (χ4v) is 1.59. The Morgan fingerprint density at radius 2 is 2.21 bits per heavy atom. The van der Waals surface area contributed by atoms with E-state index in [1.807, 2.05) is 0 Å². The molecular weight excluding hydrogens is 248 g/mol. The van der Waals surface area contributed by atoms with Crippen molar-refractivity contribution in [2.24, 2.45) is 0 Å². The van der Waals surface area contributed by atoms with E-state index in [9.17, 15) is 4.79 Å². The van der Waals surface area contributed by atoms with Crippen LogP contribution in [0.2, 0.25) is 0 Å². The Kier molecular flexibility index (Phi) is 6.70. The van der Waals surface area contributed by atoms with Crippen LogP contribution >= 0.6 is 0 Å². The zero-order chi connectivity index (χ0) is 14.1. The van der Waals surface area contributed by atoms with Crippen LogP contribution in [0.4, 0.5) is 5.69 Å². The van der Waals surface area contributed by atoms with Crippen LogP contribution in [0.1, 0.15) is 16.8 Å². The molecule has 0 unspecified atom stereocenters. The minimum absolute atomic E-state index is 0.00407. The molecule has 1 aromatic carbocycles. The zero-order valence-electron chi connectivity index (χ0n) is 11.0. The van der Waals surface area contributed by atoms with Crippen LogP contribution in [0.15, 0.2) is 18.2 Å².